The third-order valence-electron chi connectivity index (χ3n) is 3.33. The third-order valence-corrected chi connectivity index (χ3v) is 4.82. The lowest BCUT2D eigenvalue weighted by molar-refractivity contribution is -0.118. The van der Waals surface area contributed by atoms with Crippen LogP contribution in [0.2, 0.25) is 10.0 Å². The molecule has 0 saturated heterocycles. The number of nitrogens with one attached hydrogen (secondary N) is 2. The molecule has 1 aromatic heterocycles. The van der Waals surface area contributed by atoms with Gasteiger partial charge in [0.2, 0.25) is 5.91 Å². The number of carbonyl (C=O) groups excluding carboxylic acids is 2. The van der Waals surface area contributed by atoms with E-state index in [9.17, 15) is 9.59 Å². The van der Waals surface area contributed by atoms with Gasteiger partial charge >= 0.3 is 0 Å². The lowest BCUT2D eigenvalue weighted by Gasteiger charge is -2.21. The van der Waals surface area contributed by atoms with Crippen LogP contribution >= 0.6 is 34.5 Å². The van der Waals surface area contributed by atoms with Crippen molar-refractivity contribution < 1.29 is 9.59 Å². The Morgan fingerprint density at radius 3 is 2.33 bits per heavy atom. The lowest BCUT2D eigenvalue weighted by Crippen LogP contribution is -2.46. The minimum absolute atomic E-state index is 0.103. The number of nitrogens with two attached hydrogens (primary N) is 1. The number of benzene rings is 1. The Bertz CT molecular complexity index is 725. The normalized spacial score (nSPS) is 12.0. The minimum atomic E-state index is -0.699. The zero-order chi connectivity index (χ0) is 17.9. The number of amides is 2. The molecule has 24 heavy (non-hydrogen) atoms. The van der Waals surface area contributed by atoms with Crippen molar-refractivity contribution in [3.05, 3.63) is 44.6 Å². The van der Waals surface area contributed by atoms with E-state index >= 15 is 0 Å². The number of rotatable bonds is 5. The Labute approximate surface area is 154 Å². The van der Waals surface area contributed by atoms with Crippen molar-refractivity contribution >= 4 is 57.7 Å². The van der Waals surface area contributed by atoms with E-state index in [2.05, 4.69) is 10.6 Å². The summed E-state index contributed by atoms with van der Waals surface area (Å²) < 4.78 is 0. The van der Waals surface area contributed by atoms with Crippen molar-refractivity contribution in [2.24, 2.45) is 5.92 Å². The number of carbonyl (C=O) groups is 2. The van der Waals surface area contributed by atoms with Crippen LogP contribution in [0.5, 0.6) is 0 Å². The molecule has 2 aromatic rings. The van der Waals surface area contributed by atoms with E-state index < -0.39 is 6.04 Å². The molecule has 1 heterocycles. The maximum absolute atomic E-state index is 12.5. The summed E-state index contributed by atoms with van der Waals surface area (Å²) in [6, 6.07) is 5.81. The van der Waals surface area contributed by atoms with Crippen molar-refractivity contribution in [1.29, 1.82) is 0 Å². The molecule has 0 fully saturated rings. The van der Waals surface area contributed by atoms with Crippen molar-refractivity contribution in [3.8, 4) is 0 Å². The molecule has 0 radical (unpaired) electrons. The molecule has 0 saturated carbocycles. The fraction of sp³-hybridized carbons (Fsp3) is 0.250. The Balaban J connectivity index is 2.13. The van der Waals surface area contributed by atoms with E-state index in [-0.39, 0.29) is 33.5 Å². The van der Waals surface area contributed by atoms with E-state index in [1.807, 2.05) is 13.8 Å². The van der Waals surface area contributed by atoms with Crippen molar-refractivity contribution in [2.45, 2.75) is 19.9 Å². The largest absolute Gasteiger partial charge is 0.396 e. The summed E-state index contributed by atoms with van der Waals surface area (Å²) in [5.74, 6) is -0.743. The first-order valence-corrected chi connectivity index (χ1v) is 8.83. The summed E-state index contributed by atoms with van der Waals surface area (Å²) in [5.41, 5.74) is 6.35. The first-order chi connectivity index (χ1) is 11.3. The molecule has 0 aliphatic carbocycles. The SMILES string of the molecule is CC(C)C(NC(=O)c1cccs1)C(=O)Nc1cc(Cl)c(N)c(Cl)c1. The Morgan fingerprint density at radius 1 is 1.21 bits per heavy atom. The number of hydrogen-bond acceptors (Lipinski definition) is 4. The van der Waals surface area contributed by atoms with Crippen molar-refractivity contribution in [1.82, 2.24) is 5.32 Å². The molecule has 0 spiro atoms. The number of nitrogen functional groups attached to an aromatic ring is 1. The van der Waals surface area contributed by atoms with Gasteiger partial charge in [-0.3, -0.25) is 9.59 Å². The highest BCUT2D eigenvalue weighted by atomic mass is 35.5. The van der Waals surface area contributed by atoms with Crippen LogP contribution in [0, 0.1) is 5.92 Å². The van der Waals surface area contributed by atoms with Gasteiger partial charge in [-0.1, -0.05) is 43.1 Å². The van der Waals surface area contributed by atoms with Gasteiger partial charge in [0.05, 0.1) is 20.6 Å². The number of thiophene rings is 1. The molecular weight excluding hydrogens is 369 g/mol. The van der Waals surface area contributed by atoms with Gasteiger partial charge in [0.1, 0.15) is 6.04 Å². The maximum atomic E-state index is 12.5. The van der Waals surface area contributed by atoms with Gasteiger partial charge in [-0.25, -0.2) is 0 Å². The highest BCUT2D eigenvalue weighted by Crippen LogP contribution is 2.31. The molecule has 1 atom stereocenters. The smallest absolute Gasteiger partial charge is 0.262 e. The Kier molecular flexibility index (Phi) is 6.10. The van der Waals surface area contributed by atoms with E-state index in [0.29, 0.717) is 10.6 Å². The zero-order valence-corrected chi connectivity index (χ0v) is 15.4. The van der Waals surface area contributed by atoms with E-state index in [1.54, 1.807) is 17.5 Å². The Morgan fingerprint density at radius 2 is 1.83 bits per heavy atom. The molecule has 1 aromatic carbocycles. The monoisotopic (exact) mass is 385 g/mol. The van der Waals surface area contributed by atoms with Crippen LogP contribution < -0.4 is 16.4 Å². The van der Waals surface area contributed by atoms with Crippen molar-refractivity contribution in [3.63, 3.8) is 0 Å². The minimum Gasteiger partial charge on any atom is -0.396 e. The average Bonchev–Trinajstić information content (AvgIpc) is 3.03. The van der Waals surface area contributed by atoms with E-state index in [0.717, 1.165) is 0 Å². The van der Waals surface area contributed by atoms with Crippen molar-refractivity contribution in [2.75, 3.05) is 11.1 Å². The second kappa shape index (κ2) is 7.88. The number of anilines is 2. The van der Waals surface area contributed by atoms with Crippen LogP contribution in [0.1, 0.15) is 23.5 Å². The summed E-state index contributed by atoms with van der Waals surface area (Å²) in [5, 5.41) is 7.76. The van der Waals surface area contributed by atoms with Crippen LogP contribution in [0.3, 0.4) is 0 Å². The van der Waals surface area contributed by atoms with Crippen LogP contribution in [-0.4, -0.2) is 17.9 Å². The third kappa shape index (κ3) is 4.41. The van der Waals surface area contributed by atoms with Gasteiger partial charge in [-0.15, -0.1) is 11.3 Å². The number of hydrogen-bond donors (Lipinski definition) is 3. The summed E-state index contributed by atoms with van der Waals surface area (Å²) >= 11 is 13.2. The maximum Gasteiger partial charge on any atom is 0.262 e. The molecule has 0 bridgehead atoms. The predicted molar refractivity (Wildman–Crippen MR) is 99.9 cm³/mol. The van der Waals surface area contributed by atoms with Gasteiger partial charge in [0, 0.05) is 5.69 Å². The zero-order valence-electron chi connectivity index (χ0n) is 13.1. The molecule has 2 amide bonds. The molecule has 0 aliphatic heterocycles. The first-order valence-electron chi connectivity index (χ1n) is 7.19. The predicted octanol–water partition coefficient (Wildman–Crippen LogP) is 4.03. The fourth-order valence-corrected chi connectivity index (χ4v) is 3.15. The summed E-state index contributed by atoms with van der Waals surface area (Å²) in [4.78, 5) is 25.3. The molecule has 2 rings (SSSR count). The lowest BCUT2D eigenvalue weighted by atomic mass is 10.0. The standard InChI is InChI=1S/C16H17Cl2N3O2S/c1-8(2)14(21-15(22)12-4-3-5-24-12)16(23)20-9-6-10(17)13(19)11(18)7-9/h3-8,14H,19H2,1-2H3,(H,20,23)(H,21,22). The molecular formula is C16H17Cl2N3O2S. The highest BCUT2D eigenvalue weighted by Gasteiger charge is 2.25. The van der Waals surface area contributed by atoms with Crippen LogP contribution in [0.15, 0.2) is 29.6 Å². The topological polar surface area (TPSA) is 84.2 Å². The van der Waals surface area contributed by atoms with Gasteiger partial charge < -0.3 is 16.4 Å². The van der Waals surface area contributed by atoms with Crippen LogP contribution in [0.25, 0.3) is 0 Å². The highest BCUT2D eigenvalue weighted by molar-refractivity contribution is 7.12. The summed E-state index contributed by atoms with van der Waals surface area (Å²) in [6.07, 6.45) is 0. The molecule has 5 nitrogen and oxygen atoms in total. The van der Waals surface area contributed by atoms with Gasteiger partial charge in [-0.2, -0.15) is 0 Å². The van der Waals surface area contributed by atoms with E-state index in [4.69, 9.17) is 28.9 Å². The molecule has 128 valence electrons. The Hall–Kier alpha value is -1.76. The average molecular weight is 386 g/mol. The molecule has 0 aliphatic rings. The van der Waals surface area contributed by atoms with Gasteiger partial charge in [0.25, 0.3) is 5.91 Å². The second-order valence-electron chi connectivity index (χ2n) is 5.52. The van der Waals surface area contributed by atoms with E-state index in [1.165, 1.54) is 23.5 Å². The van der Waals surface area contributed by atoms with Crippen LogP contribution in [-0.2, 0) is 4.79 Å². The molecule has 1 unspecified atom stereocenters. The molecule has 8 heteroatoms. The van der Waals surface area contributed by atoms with Gasteiger partial charge in [0.15, 0.2) is 0 Å². The summed E-state index contributed by atoms with van der Waals surface area (Å²) in [7, 11) is 0. The second-order valence-corrected chi connectivity index (χ2v) is 7.28. The first kappa shape index (κ1) is 18.6. The molecule has 4 N–H and O–H groups in total. The number of halogens is 2. The quantitative estimate of drug-likeness (QED) is 0.679. The van der Waals surface area contributed by atoms with Gasteiger partial charge in [-0.05, 0) is 29.5 Å². The fourth-order valence-electron chi connectivity index (χ4n) is 2.03. The van der Waals surface area contributed by atoms with Crippen LogP contribution in [0.4, 0.5) is 11.4 Å². The summed E-state index contributed by atoms with van der Waals surface area (Å²) in [6.45, 7) is 3.70.